The number of alkyl halides is 3. The molecule has 4 nitrogen and oxygen atoms in total. The van der Waals surface area contributed by atoms with Crippen LogP contribution in [0.25, 0.3) is 0 Å². The molecule has 20 heavy (non-hydrogen) atoms. The maximum Gasteiger partial charge on any atom is 0.433 e. The number of amides is 1. The number of aliphatic hydroxyl groups excluding tert-OH is 1. The Morgan fingerprint density at radius 3 is 2.45 bits per heavy atom. The van der Waals surface area contributed by atoms with Gasteiger partial charge >= 0.3 is 6.18 Å². The van der Waals surface area contributed by atoms with E-state index in [1.165, 1.54) is 0 Å². The Morgan fingerprint density at radius 2 is 2.05 bits per heavy atom. The second kappa shape index (κ2) is 6.69. The summed E-state index contributed by atoms with van der Waals surface area (Å²) in [7, 11) is 0. The fraction of sp³-hybridized carbons (Fsp3) is 0.538. The first kappa shape index (κ1) is 16.4. The van der Waals surface area contributed by atoms with Crippen LogP contribution in [0.15, 0.2) is 18.3 Å². The summed E-state index contributed by atoms with van der Waals surface area (Å²) in [4.78, 5) is 15.1. The molecule has 0 aliphatic carbocycles. The molecule has 1 aromatic heterocycles. The minimum Gasteiger partial charge on any atom is -0.396 e. The molecule has 1 aromatic rings. The van der Waals surface area contributed by atoms with Gasteiger partial charge in [0, 0.05) is 18.8 Å². The normalized spacial score (nSPS) is 13.3. The summed E-state index contributed by atoms with van der Waals surface area (Å²) >= 11 is 0. The van der Waals surface area contributed by atoms with Gasteiger partial charge in [0.1, 0.15) is 5.69 Å². The summed E-state index contributed by atoms with van der Waals surface area (Å²) in [6.07, 6.45) is -3.24. The first-order chi connectivity index (χ1) is 9.25. The van der Waals surface area contributed by atoms with Crippen LogP contribution in [0.2, 0.25) is 0 Å². The van der Waals surface area contributed by atoms with Gasteiger partial charge in [0.2, 0.25) is 0 Å². The van der Waals surface area contributed by atoms with Crippen molar-refractivity contribution in [2.24, 2.45) is 5.92 Å². The quantitative estimate of drug-likeness (QED) is 0.874. The van der Waals surface area contributed by atoms with E-state index in [1.54, 1.807) is 0 Å². The van der Waals surface area contributed by atoms with E-state index in [0.29, 0.717) is 6.42 Å². The molecule has 1 heterocycles. The third kappa shape index (κ3) is 4.48. The van der Waals surface area contributed by atoms with Gasteiger partial charge in [-0.3, -0.25) is 9.78 Å². The SMILES string of the molecule is CC(C)C(CCO)NC(=O)c1ccc(C(F)(F)F)nc1. The first-order valence-electron chi connectivity index (χ1n) is 6.20. The highest BCUT2D eigenvalue weighted by atomic mass is 19.4. The van der Waals surface area contributed by atoms with E-state index in [1.807, 2.05) is 13.8 Å². The number of rotatable bonds is 5. The average molecular weight is 290 g/mol. The van der Waals surface area contributed by atoms with Crippen molar-refractivity contribution in [3.63, 3.8) is 0 Å². The fourth-order valence-electron chi connectivity index (χ4n) is 1.66. The topological polar surface area (TPSA) is 62.2 Å². The van der Waals surface area contributed by atoms with Crippen LogP contribution in [0, 0.1) is 5.92 Å². The van der Waals surface area contributed by atoms with Crippen molar-refractivity contribution in [1.29, 1.82) is 0 Å². The maximum absolute atomic E-state index is 12.3. The van der Waals surface area contributed by atoms with E-state index in [2.05, 4.69) is 10.3 Å². The third-order valence-electron chi connectivity index (χ3n) is 2.88. The molecule has 0 spiro atoms. The summed E-state index contributed by atoms with van der Waals surface area (Å²) in [5.41, 5.74) is -0.980. The Balaban J connectivity index is 2.77. The Kier molecular flexibility index (Phi) is 5.50. The number of nitrogens with zero attached hydrogens (tertiary/aromatic N) is 1. The molecule has 0 aromatic carbocycles. The maximum atomic E-state index is 12.3. The lowest BCUT2D eigenvalue weighted by atomic mass is 10.0. The van der Waals surface area contributed by atoms with E-state index < -0.39 is 17.8 Å². The highest BCUT2D eigenvalue weighted by Crippen LogP contribution is 2.27. The number of aliphatic hydroxyl groups is 1. The molecule has 0 aliphatic heterocycles. The Hall–Kier alpha value is -1.63. The van der Waals surface area contributed by atoms with Gasteiger partial charge in [0.05, 0.1) is 5.56 Å². The summed E-state index contributed by atoms with van der Waals surface area (Å²) in [6, 6.07) is 1.61. The lowest BCUT2D eigenvalue weighted by Crippen LogP contribution is -2.39. The van der Waals surface area contributed by atoms with E-state index >= 15 is 0 Å². The number of carbonyl (C=O) groups excluding carboxylic acids is 1. The van der Waals surface area contributed by atoms with Crippen molar-refractivity contribution in [2.45, 2.75) is 32.5 Å². The molecular formula is C13H17F3N2O2. The highest BCUT2D eigenvalue weighted by Gasteiger charge is 2.32. The zero-order chi connectivity index (χ0) is 15.3. The van der Waals surface area contributed by atoms with Crippen LogP contribution in [0.3, 0.4) is 0 Å². The number of carbonyl (C=O) groups is 1. The second-order valence-electron chi connectivity index (χ2n) is 4.77. The average Bonchev–Trinajstić information content (AvgIpc) is 2.37. The summed E-state index contributed by atoms with van der Waals surface area (Å²) in [5, 5.41) is 11.6. The number of pyridine rings is 1. The van der Waals surface area contributed by atoms with Crippen molar-refractivity contribution in [3.8, 4) is 0 Å². The van der Waals surface area contributed by atoms with Crippen molar-refractivity contribution in [2.75, 3.05) is 6.61 Å². The van der Waals surface area contributed by atoms with Crippen LogP contribution >= 0.6 is 0 Å². The predicted octanol–water partition coefficient (Wildman–Crippen LogP) is 2.24. The molecule has 0 saturated heterocycles. The zero-order valence-electron chi connectivity index (χ0n) is 11.2. The van der Waals surface area contributed by atoms with Gasteiger partial charge in [0.15, 0.2) is 0 Å². The molecule has 1 amide bonds. The van der Waals surface area contributed by atoms with Crippen molar-refractivity contribution in [1.82, 2.24) is 10.3 Å². The van der Waals surface area contributed by atoms with Gasteiger partial charge in [-0.2, -0.15) is 13.2 Å². The predicted molar refractivity (Wildman–Crippen MR) is 67.0 cm³/mol. The molecular weight excluding hydrogens is 273 g/mol. The molecule has 1 atom stereocenters. The Labute approximate surface area is 115 Å². The van der Waals surface area contributed by atoms with E-state index in [4.69, 9.17) is 5.11 Å². The van der Waals surface area contributed by atoms with Gasteiger partial charge in [-0.05, 0) is 24.5 Å². The molecule has 0 saturated carbocycles. The van der Waals surface area contributed by atoms with Gasteiger partial charge in [-0.15, -0.1) is 0 Å². The minimum atomic E-state index is -4.52. The summed E-state index contributed by atoms with van der Waals surface area (Å²) < 4.78 is 37.0. The van der Waals surface area contributed by atoms with Gasteiger partial charge in [0.25, 0.3) is 5.91 Å². The Bertz CT molecular complexity index is 444. The molecule has 7 heteroatoms. The van der Waals surface area contributed by atoms with E-state index in [9.17, 15) is 18.0 Å². The minimum absolute atomic E-state index is 0.0570. The number of hydrogen-bond donors (Lipinski definition) is 2. The van der Waals surface area contributed by atoms with Crippen molar-refractivity contribution in [3.05, 3.63) is 29.6 Å². The lowest BCUT2D eigenvalue weighted by molar-refractivity contribution is -0.141. The van der Waals surface area contributed by atoms with E-state index in [0.717, 1.165) is 18.3 Å². The van der Waals surface area contributed by atoms with Gasteiger partial charge in [-0.1, -0.05) is 13.8 Å². The molecule has 1 unspecified atom stereocenters. The third-order valence-corrected chi connectivity index (χ3v) is 2.88. The van der Waals surface area contributed by atoms with Crippen molar-refractivity contribution >= 4 is 5.91 Å². The first-order valence-corrected chi connectivity index (χ1v) is 6.20. The van der Waals surface area contributed by atoms with Crippen LogP contribution in [0.1, 0.15) is 36.3 Å². The zero-order valence-corrected chi connectivity index (χ0v) is 11.2. The monoisotopic (exact) mass is 290 g/mol. The standard InChI is InChI=1S/C13H17F3N2O2/c1-8(2)10(5-6-19)18-12(20)9-3-4-11(17-7-9)13(14,15)16/h3-4,7-8,10,19H,5-6H2,1-2H3,(H,18,20). The van der Waals surface area contributed by atoms with Crippen LogP contribution in [0.4, 0.5) is 13.2 Å². The van der Waals surface area contributed by atoms with Crippen LogP contribution in [-0.4, -0.2) is 28.6 Å². The Morgan fingerprint density at radius 1 is 1.40 bits per heavy atom. The van der Waals surface area contributed by atoms with Gasteiger partial charge in [-0.25, -0.2) is 0 Å². The van der Waals surface area contributed by atoms with E-state index in [-0.39, 0.29) is 24.1 Å². The van der Waals surface area contributed by atoms with Crippen LogP contribution in [-0.2, 0) is 6.18 Å². The van der Waals surface area contributed by atoms with Crippen molar-refractivity contribution < 1.29 is 23.1 Å². The number of hydrogen-bond acceptors (Lipinski definition) is 3. The molecule has 0 fully saturated rings. The molecule has 0 bridgehead atoms. The molecule has 0 aliphatic rings. The molecule has 2 N–H and O–H groups in total. The highest BCUT2D eigenvalue weighted by molar-refractivity contribution is 5.94. The summed E-state index contributed by atoms with van der Waals surface area (Å²) in [6.45, 7) is 3.69. The molecule has 1 rings (SSSR count). The van der Waals surface area contributed by atoms with Gasteiger partial charge < -0.3 is 10.4 Å². The number of aromatic nitrogens is 1. The van der Waals surface area contributed by atoms with Crippen LogP contribution < -0.4 is 5.32 Å². The fourth-order valence-corrected chi connectivity index (χ4v) is 1.66. The number of halogens is 3. The van der Waals surface area contributed by atoms with Crippen LogP contribution in [0.5, 0.6) is 0 Å². The second-order valence-corrected chi connectivity index (χ2v) is 4.77. The molecule has 0 radical (unpaired) electrons. The molecule has 112 valence electrons. The largest absolute Gasteiger partial charge is 0.433 e. The lowest BCUT2D eigenvalue weighted by Gasteiger charge is -2.21. The smallest absolute Gasteiger partial charge is 0.396 e. The number of nitrogens with one attached hydrogen (secondary N) is 1. The summed E-state index contributed by atoms with van der Waals surface area (Å²) in [5.74, 6) is -0.396.